The van der Waals surface area contributed by atoms with Crippen LogP contribution in [0.15, 0.2) is 46.3 Å². The molecule has 0 spiro atoms. The molecular formula is C20H19N7O3. The van der Waals surface area contributed by atoms with Crippen molar-refractivity contribution in [2.45, 2.75) is 12.8 Å². The topological polar surface area (TPSA) is 144 Å². The van der Waals surface area contributed by atoms with Gasteiger partial charge in [-0.05, 0) is 37.0 Å². The molecule has 1 saturated carbocycles. The van der Waals surface area contributed by atoms with Gasteiger partial charge >= 0.3 is 5.69 Å². The van der Waals surface area contributed by atoms with E-state index in [4.69, 9.17) is 4.99 Å². The van der Waals surface area contributed by atoms with Gasteiger partial charge in [-0.3, -0.25) is 9.98 Å². The molecule has 1 aliphatic rings. The van der Waals surface area contributed by atoms with Gasteiger partial charge in [0.1, 0.15) is 17.3 Å². The molecule has 10 nitrogen and oxygen atoms in total. The van der Waals surface area contributed by atoms with E-state index in [1.165, 1.54) is 12.8 Å². The third kappa shape index (κ3) is 3.62. The van der Waals surface area contributed by atoms with Crippen molar-refractivity contribution in [2.75, 3.05) is 11.9 Å². The summed E-state index contributed by atoms with van der Waals surface area (Å²) >= 11 is 0. The Hall–Kier alpha value is -4.08. The summed E-state index contributed by atoms with van der Waals surface area (Å²) in [5, 5.41) is 27.8. The van der Waals surface area contributed by atoms with Crippen LogP contribution < -0.4 is 21.7 Å². The van der Waals surface area contributed by atoms with Gasteiger partial charge in [-0.15, -0.1) is 0 Å². The highest BCUT2D eigenvalue weighted by Gasteiger charge is 2.20. The lowest BCUT2D eigenvalue weighted by atomic mass is 10.3. The first kappa shape index (κ1) is 18.0. The Morgan fingerprint density at radius 1 is 1.27 bits per heavy atom. The Morgan fingerprint density at radius 2 is 2.13 bits per heavy atom. The van der Waals surface area contributed by atoms with Crippen LogP contribution in [0.5, 0.6) is 11.6 Å². The van der Waals surface area contributed by atoms with E-state index >= 15 is 0 Å². The van der Waals surface area contributed by atoms with Gasteiger partial charge in [0, 0.05) is 29.6 Å². The number of anilines is 2. The molecule has 0 atom stereocenters. The van der Waals surface area contributed by atoms with Gasteiger partial charge in [0.15, 0.2) is 11.1 Å². The fraction of sp³-hybridized carbons (Fsp3) is 0.200. The number of fused-ring (bicyclic) bond motifs is 1. The molecule has 4 aromatic rings. The average molecular weight is 405 g/mol. The lowest BCUT2D eigenvalue weighted by molar-refractivity contribution is 0.454. The van der Waals surface area contributed by atoms with Crippen LogP contribution in [-0.4, -0.2) is 41.3 Å². The first-order valence-electron chi connectivity index (χ1n) is 9.53. The molecule has 0 saturated heterocycles. The minimum Gasteiger partial charge on any atom is -0.508 e. The standard InChI is InChI=1S/C20H19N7O3/c28-14-3-1-2-13(7-14)23-16-8-17(21-9-11-4-5-11)27-18(25-16)12(10-22-27)6-15-19(29)26-20(30)24-15/h1-3,6-8,10-11,23,28-29H,4-5,9H2,(H2,24,26,30). The summed E-state index contributed by atoms with van der Waals surface area (Å²) in [6, 6.07) is 8.54. The molecule has 0 unspecified atom stereocenters. The molecule has 3 heterocycles. The summed E-state index contributed by atoms with van der Waals surface area (Å²) in [4.78, 5) is 25.6. The van der Waals surface area contributed by atoms with Crippen LogP contribution in [0.3, 0.4) is 0 Å². The summed E-state index contributed by atoms with van der Waals surface area (Å²) in [5.74, 6) is 1.03. The molecule has 0 amide bonds. The Morgan fingerprint density at radius 3 is 2.87 bits per heavy atom. The fourth-order valence-corrected chi connectivity index (χ4v) is 3.14. The number of nitrogens with one attached hydrogen (secondary N) is 3. The molecule has 0 bridgehead atoms. The van der Waals surface area contributed by atoms with Crippen LogP contribution in [0.4, 0.5) is 11.5 Å². The second-order valence-corrected chi connectivity index (χ2v) is 7.28. The van der Waals surface area contributed by atoms with Gasteiger partial charge < -0.3 is 20.5 Å². The third-order valence-corrected chi connectivity index (χ3v) is 4.84. The largest absolute Gasteiger partial charge is 0.508 e. The molecule has 1 aromatic carbocycles. The number of nitrogens with zero attached hydrogens (tertiary/aromatic N) is 4. The molecule has 5 rings (SSSR count). The van der Waals surface area contributed by atoms with E-state index in [9.17, 15) is 15.0 Å². The van der Waals surface area contributed by atoms with E-state index < -0.39 is 5.69 Å². The smallest absolute Gasteiger partial charge is 0.326 e. The zero-order valence-electron chi connectivity index (χ0n) is 15.8. The molecule has 1 fully saturated rings. The summed E-state index contributed by atoms with van der Waals surface area (Å²) in [6.45, 7) is 0.718. The van der Waals surface area contributed by atoms with Gasteiger partial charge in [-0.1, -0.05) is 6.07 Å². The second-order valence-electron chi connectivity index (χ2n) is 7.28. The number of benzene rings is 1. The Bertz CT molecular complexity index is 1410. The number of hydrogen-bond donors (Lipinski definition) is 5. The summed E-state index contributed by atoms with van der Waals surface area (Å²) in [5.41, 5.74) is 1.56. The number of aromatic hydroxyl groups is 2. The second kappa shape index (κ2) is 7.07. The van der Waals surface area contributed by atoms with E-state index in [-0.39, 0.29) is 17.3 Å². The average Bonchev–Trinajstić information content (AvgIpc) is 3.37. The van der Waals surface area contributed by atoms with Crippen molar-refractivity contribution in [3.8, 4) is 11.6 Å². The van der Waals surface area contributed by atoms with Crippen LogP contribution in [0.2, 0.25) is 0 Å². The van der Waals surface area contributed by atoms with Crippen molar-refractivity contribution in [1.29, 1.82) is 0 Å². The van der Waals surface area contributed by atoms with Gasteiger partial charge in [0.05, 0.1) is 6.20 Å². The lowest BCUT2D eigenvalue weighted by Crippen LogP contribution is -2.20. The van der Waals surface area contributed by atoms with Gasteiger partial charge in [-0.2, -0.15) is 9.61 Å². The zero-order valence-corrected chi connectivity index (χ0v) is 15.8. The Balaban J connectivity index is 1.66. The number of phenols is 1. The van der Waals surface area contributed by atoms with Crippen LogP contribution in [0, 0.1) is 5.92 Å². The maximum absolute atomic E-state index is 11.4. The minimum absolute atomic E-state index is 0.144. The van der Waals surface area contributed by atoms with Crippen LogP contribution in [0.25, 0.3) is 11.7 Å². The highest BCUT2D eigenvalue weighted by molar-refractivity contribution is 5.62. The van der Waals surface area contributed by atoms with Crippen molar-refractivity contribution >= 4 is 23.2 Å². The number of phenolic OH excluding ortho intramolecular Hbond substituents is 1. The normalized spacial score (nSPS) is 15.2. The van der Waals surface area contributed by atoms with E-state index in [0.717, 1.165) is 6.54 Å². The van der Waals surface area contributed by atoms with Crippen molar-refractivity contribution in [3.05, 3.63) is 63.4 Å². The van der Waals surface area contributed by atoms with Crippen molar-refractivity contribution < 1.29 is 10.2 Å². The fourth-order valence-electron chi connectivity index (χ4n) is 3.14. The lowest BCUT2D eigenvalue weighted by Gasteiger charge is -2.07. The number of H-pyrrole nitrogens is 2. The number of imidazole rings is 1. The quantitative estimate of drug-likeness (QED) is 0.332. The molecule has 0 aliphatic heterocycles. The SMILES string of the molecule is O=c1[nH]c(O)c(C=c2cnn3c(=NCC4CC4)cc(Nc4cccc(O)c4)nc23)[nH]1. The predicted molar refractivity (Wildman–Crippen MR) is 109 cm³/mol. The molecule has 10 heteroatoms. The summed E-state index contributed by atoms with van der Waals surface area (Å²) in [7, 11) is 0. The maximum Gasteiger partial charge on any atom is 0.326 e. The van der Waals surface area contributed by atoms with E-state index in [1.54, 1.807) is 41.1 Å². The molecule has 3 aromatic heterocycles. The molecule has 5 N–H and O–H groups in total. The van der Waals surface area contributed by atoms with E-state index in [1.807, 2.05) is 6.07 Å². The maximum atomic E-state index is 11.4. The Labute approximate surface area is 169 Å². The van der Waals surface area contributed by atoms with Crippen molar-refractivity contribution in [1.82, 2.24) is 24.6 Å². The number of aromatic amines is 2. The van der Waals surface area contributed by atoms with Gasteiger partial charge in [0.2, 0.25) is 5.88 Å². The molecule has 0 radical (unpaired) electrons. The van der Waals surface area contributed by atoms with Gasteiger partial charge in [0.25, 0.3) is 0 Å². The van der Waals surface area contributed by atoms with Crippen LogP contribution in [-0.2, 0) is 0 Å². The van der Waals surface area contributed by atoms with Crippen LogP contribution in [0.1, 0.15) is 18.5 Å². The number of aromatic nitrogens is 5. The third-order valence-electron chi connectivity index (χ3n) is 4.84. The summed E-state index contributed by atoms with van der Waals surface area (Å²) < 4.78 is 1.63. The van der Waals surface area contributed by atoms with Crippen molar-refractivity contribution in [3.63, 3.8) is 0 Å². The molecule has 1 aliphatic carbocycles. The number of hydrogen-bond acceptors (Lipinski definition) is 7. The highest BCUT2D eigenvalue weighted by Crippen LogP contribution is 2.28. The first-order valence-corrected chi connectivity index (χ1v) is 9.53. The number of rotatable bonds is 5. The van der Waals surface area contributed by atoms with E-state index in [0.29, 0.717) is 33.8 Å². The Kier molecular flexibility index (Phi) is 4.24. The van der Waals surface area contributed by atoms with Gasteiger partial charge in [-0.25, -0.2) is 9.78 Å². The molecule has 152 valence electrons. The molecular weight excluding hydrogens is 386 g/mol. The monoisotopic (exact) mass is 405 g/mol. The van der Waals surface area contributed by atoms with Crippen molar-refractivity contribution in [2.24, 2.45) is 10.9 Å². The highest BCUT2D eigenvalue weighted by atomic mass is 16.3. The first-order chi connectivity index (χ1) is 14.5. The van der Waals surface area contributed by atoms with Crippen LogP contribution >= 0.6 is 0 Å². The molecule has 30 heavy (non-hydrogen) atoms. The minimum atomic E-state index is -0.505. The van der Waals surface area contributed by atoms with E-state index in [2.05, 4.69) is 25.4 Å². The summed E-state index contributed by atoms with van der Waals surface area (Å²) in [6.07, 6.45) is 5.56. The zero-order chi connectivity index (χ0) is 20.7. The predicted octanol–water partition coefficient (Wildman–Crippen LogP) is 0.759.